The Bertz CT molecular complexity index is 203. The van der Waals surface area contributed by atoms with E-state index in [1.165, 1.54) is 0 Å². The first-order valence-corrected chi connectivity index (χ1v) is 5.71. The number of hydrogen-bond donors (Lipinski definition) is 2. The molecule has 1 atom stereocenters. The molecule has 2 N–H and O–H groups in total. The van der Waals surface area contributed by atoms with Gasteiger partial charge in [-0.25, -0.2) is 0 Å². The minimum atomic E-state index is 0.142. The van der Waals surface area contributed by atoms with Crippen molar-refractivity contribution in [3.05, 3.63) is 0 Å². The number of ether oxygens (including phenoxy) is 1. The molecule has 0 aromatic carbocycles. The van der Waals surface area contributed by atoms with Crippen molar-refractivity contribution in [1.29, 1.82) is 0 Å². The Labute approximate surface area is 91.8 Å². The highest BCUT2D eigenvalue weighted by molar-refractivity contribution is 5.76. The van der Waals surface area contributed by atoms with Gasteiger partial charge in [-0.2, -0.15) is 0 Å². The van der Waals surface area contributed by atoms with Crippen molar-refractivity contribution in [2.45, 2.75) is 51.3 Å². The molecule has 0 aromatic rings. The van der Waals surface area contributed by atoms with Crippen molar-refractivity contribution >= 4 is 5.91 Å². The fraction of sp³-hybridized carbons (Fsp3) is 0.909. The first kappa shape index (κ1) is 12.5. The SMILES string of the molecule is CCNC(C)CC(=O)NC1CC(OC)C1. The Morgan fingerprint density at radius 3 is 2.73 bits per heavy atom. The first-order chi connectivity index (χ1) is 7.15. The van der Waals surface area contributed by atoms with E-state index in [-0.39, 0.29) is 11.9 Å². The Balaban J connectivity index is 2.09. The number of amides is 1. The van der Waals surface area contributed by atoms with Gasteiger partial charge in [-0.1, -0.05) is 6.92 Å². The van der Waals surface area contributed by atoms with E-state index < -0.39 is 0 Å². The molecule has 1 amide bonds. The fourth-order valence-corrected chi connectivity index (χ4v) is 1.86. The highest BCUT2D eigenvalue weighted by Crippen LogP contribution is 2.22. The second kappa shape index (κ2) is 6.08. The summed E-state index contributed by atoms with van der Waals surface area (Å²) in [6.07, 6.45) is 2.82. The van der Waals surface area contributed by atoms with Gasteiger partial charge in [0, 0.05) is 25.6 Å². The predicted molar refractivity (Wildman–Crippen MR) is 59.7 cm³/mol. The molecule has 15 heavy (non-hydrogen) atoms. The molecule has 88 valence electrons. The van der Waals surface area contributed by atoms with Crippen molar-refractivity contribution < 1.29 is 9.53 Å². The summed E-state index contributed by atoms with van der Waals surface area (Å²) in [5, 5.41) is 6.23. The molecule has 0 spiro atoms. The van der Waals surface area contributed by atoms with E-state index in [4.69, 9.17) is 4.74 Å². The quantitative estimate of drug-likeness (QED) is 0.683. The average Bonchev–Trinajstić information content (AvgIpc) is 2.10. The third-order valence-electron chi connectivity index (χ3n) is 2.84. The number of nitrogens with one attached hydrogen (secondary N) is 2. The molecule has 0 aliphatic heterocycles. The molecular weight excluding hydrogens is 192 g/mol. The van der Waals surface area contributed by atoms with Crippen molar-refractivity contribution in [3.8, 4) is 0 Å². The third-order valence-corrected chi connectivity index (χ3v) is 2.84. The van der Waals surface area contributed by atoms with Crippen LogP contribution in [0.5, 0.6) is 0 Å². The molecule has 1 unspecified atom stereocenters. The molecule has 0 bridgehead atoms. The molecule has 4 heteroatoms. The molecule has 1 aliphatic carbocycles. The van der Waals surface area contributed by atoms with Crippen LogP contribution in [0, 0.1) is 0 Å². The van der Waals surface area contributed by atoms with Crippen LogP contribution in [0.2, 0.25) is 0 Å². The monoisotopic (exact) mass is 214 g/mol. The normalized spacial score (nSPS) is 26.9. The van der Waals surface area contributed by atoms with Crippen molar-refractivity contribution in [3.63, 3.8) is 0 Å². The number of hydrogen-bond acceptors (Lipinski definition) is 3. The molecule has 0 saturated heterocycles. The maximum Gasteiger partial charge on any atom is 0.221 e. The standard InChI is InChI=1S/C11H22N2O2/c1-4-12-8(2)5-11(14)13-9-6-10(7-9)15-3/h8-10,12H,4-7H2,1-3H3,(H,13,14). The Hall–Kier alpha value is -0.610. The van der Waals surface area contributed by atoms with Crippen LogP contribution in [0.1, 0.15) is 33.1 Å². The second-order valence-corrected chi connectivity index (χ2v) is 4.26. The largest absolute Gasteiger partial charge is 0.381 e. The minimum absolute atomic E-state index is 0.142. The van der Waals surface area contributed by atoms with Crippen LogP contribution in [0.3, 0.4) is 0 Å². The Morgan fingerprint density at radius 1 is 1.53 bits per heavy atom. The summed E-state index contributed by atoms with van der Waals surface area (Å²) in [7, 11) is 1.72. The van der Waals surface area contributed by atoms with Crippen LogP contribution in [0.25, 0.3) is 0 Å². The lowest BCUT2D eigenvalue weighted by atomic mass is 9.89. The summed E-state index contributed by atoms with van der Waals surface area (Å²) in [6.45, 7) is 4.98. The molecule has 1 rings (SSSR count). The van der Waals surface area contributed by atoms with Crippen LogP contribution >= 0.6 is 0 Å². The van der Waals surface area contributed by atoms with Gasteiger partial charge in [0.15, 0.2) is 0 Å². The van der Waals surface area contributed by atoms with Crippen LogP contribution in [0.15, 0.2) is 0 Å². The zero-order valence-corrected chi connectivity index (χ0v) is 9.88. The zero-order chi connectivity index (χ0) is 11.3. The Morgan fingerprint density at radius 2 is 2.20 bits per heavy atom. The van der Waals surface area contributed by atoms with Gasteiger partial charge < -0.3 is 15.4 Å². The van der Waals surface area contributed by atoms with Gasteiger partial charge in [0.1, 0.15) is 0 Å². The smallest absolute Gasteiger partial charge is 0.221 e. The molecule has 4 nitrogen and oxygen atoms in total. The summed E-state index contributed by atoms with van der Waals surface area (Å²) in [4.78, 5) is 11.5. The van der Waals surface area contributed by atoms with E-state index in [9.17, 15) is 4.79 Å². The van der Waals surface area contributed by atoms with Gasteiger partial charge in [-0.3, -0.25) is 4.79 Å². The van der Waals surface area contributed by atoms with Crippen molar-refractivity contribution in [1.82, 2.24) is 10.6 Å². The molecular formula is C11H22N2O2. The van der Waals surface area contributed by atoms with Crippen molar-refractivity contribution in [2.24, 2.45) is 0 Å². The van der Waals surface area contributed by atoms with Gasteiger partial charge in [0.2, 0.25) is 5.91 Å². The van der Waals surface area contributed by atoms with Crippen LogP contribution in [-0.4, -0.2) is 37.7 Å². The summed E-state index contributed by atoms with van der Waals surface area (Å²) in [5.41, 5.74) is 0. The van der Waals surface area contributed by atoms with Crippen LogP contribution < -0.4 is 10.6 Å². The van der Waals surface area contributed by atoms with Crippen LogP contribution in [0.4, 0.5) is 0 Å². The van der Waals surface area contributed by atoms with E-state index in [0.29, 0.717) is 18.6 Å². The van der Waals surface area contributed by atoms with E-state index in [1.807, 2.05) is 13.8 Å². The molecule has 0 radical (unpaired) electrons. The highest BCUT2D eigenvalue weighted by Gasteiger charge is 2.30. The summed E-state index contributed by atoms with van der Waals surface area (Å²) in [6, 6.07) is 0.588. The third kappa shape index (κ3) is 4.18. The average molecular weight is 214 g/mol. The molecule has 1 fully saturated rings. The lowest BCUT2D eigenvalue weighted by Crippen LogP contribution is -2.48. The van der Waals surface area contributed by atoms with Gasteiger partial charge in [0.25, 0.3) is 0 Å². The highest BCUT2D eigenvalue weighted by atomic mass is 16.5. The lowest BCUT2D eigenvalue weighted by Gasteiger charge is -2.34. The van der Waals surface area contributed by atoms with E-state index in [2.05, 4.69) is 10.6 Å². The minimum Gasteiger partial charge on any atom is -0.381 e. The number of carbonyl (C=O) groups is 1. The fourth-order valence-electron chi connectivity index (χ4n) is 1.86. The molecule has 1 saturated carbocycles. The molecule has 0 heterocycles. The topological polar surface area (TPSA) is 50.4 Å². The first-order valence-electron chi connectivity index (χ1n) is 5.71. The summed E-state index contributed by atoms with van der Waals surface area (Å²) >= 11 is 0. The van der Waals surface area contributed by atoms with Gasteiger partial charge in [-0.05, 0) is 26.3 Å². The number of rotatable bonds is 6. The van der Waals surface area contributed by atoms with E-state index in [0.717, 1.165) is 19.4 Å². The lowest BCUT2D eigenvalue weighted by molar-refractivity contribution is -0.123. The van der Waals surface area contributed by atoms with Gasteiger partial charge >= 0.3 is 0 Å². The summed E-state index contributed by atoms with van der Waals surface area (Å²) < 4.78 is 5.15. The summed E-state index contributed by atoms with van der Waals surface area (Å²) in [5.74, 6) is 0.142. The Kier molecular flexibility index (Phi) is 5.05. The predicted octanol–water partition coefficient (Wildman–Crippen LogP) is 0.668. The second-order valence-electron chi connectivity index (χ2n) is 4.26. The molecule has 0 aromatic heterocycles. The van der Waals surface area contributed by atoms with Gasteiger partial charge in [-0.15, -0.1) is 0 Å². The van der Waals surface area contributed by atoms with Crippen molar-refractivity contribution in [2.75, 3.05) is 13.7 Å². The molecule has 1 aliphatic rings. The number of carbonyl (C=O) groups excluding carboxylic acids is 1. The number of methoxy groups -OCH3 is 1. The van der Waals surface area contributed by atoms with Crippen LogP contribution in [-0.2, 0) is 9.53 Å². The van der Waals surface area contributed by atoms with E-state index >= 15 is 0 Å². The maximum atomic E-state index is 11.5. The zero-order valence-electron chi connectivity index (χ0n) is 9.88. The van der Waals surface area contributed by atoms with E-state index in [1.54, 1.807) is 7.11 Å². The maximum absolute atomic E-state index is 11.5. The van der Waals surface area contributed by atoms with Gasteiger partial charge in [0.05, 0.1) is 6.10 Å².